The third-order valence-corrected chi connectivity index (χ3v) is 4.01. The molecule has 0 radical (unpaired) electrons. The minimum Gasteiger partial charge on any atom is -0.358 e. The molecule has 1 rings (SSSR count). The van der Waals surface area contributed by atoms with Crippen LogP contribution in [0.1, 0.15) is 54.4 Å². The van der Waals surface area contributed by atoms with Crippen molar-refractivity contribution in [2.24, 2.45) is 5.41 Å². The average molecular weight is 314 g/mol. The highest BCUT2D eigenvalue weighted by atomic mass is 32.1. The third kappa shape index (κ3) is 6.64. The Morgan fingerprint density at radius 1 is 1.05 bits per heavy atom. The van der Waals surface area contributed by atoms with Crippen LogP contribution in [0.5, 0.6) is 0 Å². The molecule has 0 aromatic rings. The van der Waals surface area contributed by atoms with Crippen molar-refractivity contribution in [1.29, 1.82) is 0 Å². The molecule has 1 aliphatic rings. The molecule has 21 heavy (non-hydrogen) atoms. The summed E-state index contributed by atoms with van der Waals surface area (Å²) in [6, 6.07) is 0. The van der Waals surface area contributed by atoms with Crippen LogP contribution < -0.4 is 5.32 Å². The molecule has 122 valence electrons. The molecule has 0 aliphatic carbocycles. The highest BCUT2D eigenvalue weighted by molar-refractivity contribution is 7.80. The second-order valence-electron chi connectivity index (χ2n) is 7.90. The van der Waals surface area contributed by atoms with E-state index in [2.05, 4.69) is 44.8 Å². The van der Waals surface area contributed by atoms with Gasteiger partial charge in [-0.05, 0) is 44.3 Å². The van der Waals surface area contributed by atoms with E-state index in [0.717, 1.165) is 44.1 Å². The Morgan fingerprint density at radius 2 is 1.57 bits per heavy atom. The molecule has 1 aliphatic heterocycles. The zero-order valence-corrected chi connectivity index (χ0v) is 15.3. The van der Waals surface area contributed by atoms with E-state index < -0.39 is 0 Å². The molecule has 1 heterocycles. The molecule has 5 heteroatoms. The minimum atomic E-state index is -0.0259. The number of thiocarbonyl (C=S) groups is 1. The van der Waals surface area contributed by atoms with Crippen LogP contribution in [-0.2, 0) is 4.79 Å². The van der Waals surface area contributed by atoms with E-state index in [4.69, 9.17) is 12.2 Å². The number of carbonyl (C=O) groups is 1. The minimum absolute atomic E-state index is 0.0259. The molecule has 1 N–H and O–H groups in total. The average Bonchev–Trinajstić information content (AvgIpc) is 2.49. The number of nitrogens with zero attached hydrogens (tertiary/aromatic N) is 2. The van der Waals surface area contributed by atoms with Gasteiger partial charge in [-0.1, -0.05) is 20.8 Å². The number of hydrogen-bond donors (Lipinski definition) is 1. The Bertz CT molecular complexity index is 387. The van der Waals surface area contributed by atoms with Gasteiger partial charge in [-0.15, -0.1) is 0 Å². The molecule has 0 atom stereocenters. The fourth-order valence-electron chi connectivity index (χ4n) is 3.17. The Kier molecular flexibility index (Phi) is 6.02. The van der Waals surface area contributed by atoms with Gasteiger partial charge in [0.15, 0.2) is 5.11 Å². The van der Waals surface area contributed by atoms with Gasteiger partial charge in [0.1, 0.15) is 0 Å². The van der Waals surface area contributed by atoms with Crippen LogP contribution >= 0.6 is 12.2 Å². The van der Waals surface area contributed by atoms with Crippen molar-refractivity contribution >= 4 is 23.2 Å². The molecule has 0 bridgehead atoms. The lowest BCUT2D eigenvalue weighted by Crippen LogP contribution is -2.52. The van der Waals surface area contributed by atoms with Crippen molar-refractivity contribution in [2.45, 2.75) is 59.9 Å². The van der Waals surface area contributed by atoms with Crippen molar-refractivity contribution in [3.8, 4) is 0 Å². The first kappa shape index (κ1) is 18.2. The van der Waals surface area contributed by atoms with Gasteiger partial charge in [0.05, 0.1) is 0 Å². The molecule has 1 saturated heterocycles. The largest absolute Gasteiger partial charge is 0.358 e. The molecule has 0 unspecified atom stereocenters. The topological polar surface area (TPSA) is 35.6 Å². The smallest absolute Gasteiger partial charge is 0.219 e. The van der Waals surface area contributed by atoms with Gasteiger partial charge in [-0.25, -0.2) is 0 Å². The Balaban J connectivity index is 2.57. The quantitative estimate of drug-likeness (QED) is 0.795. The first-order chi connectivity index (χ1) is 9.50. The maximum atomic E-state index is 11.5. The van der Waals surface area contributed by atoms with Gasteiger partial charge in [0, 0.05) is 38.6 Å². The zero-order valence-electron chi connectivity index (χ0n) is 14.5. The van der Waals surface area contributed by atoms with Crippen LogP contribution in [0.4, 0.5) is 0 Å². The van der Waals surface area contributed by atoms with Crippen molar-refractivity contribution in [2.75, 3.05) is 26.2 Å². The van der Waals surface area contributed by atoms with Crippen LogP contribution in [0.3, 0.4) is 0 Å². The Labute approximate surface area is 135 Å². The Morgan fingerprint density at radius 3 is 2.10 bits per heavy atom. The second kappa shape index (κ2) is 6.95. The van der Waals surface area contributed by atoms with Crippen LogP contribution in [0, 0.1) is 5.41 Å². The fraction of sp³-hybridized carbons (Fsp3) is 0.875. The second-order valence-corrected chi connectivity index (χ2v) is 8.28. The molecule has 1 fully saturated rings. The van der Waals surface area contributed by atoms with Crippen LogP contribution in [0.2, 0.25) is 0 Å². The summed E-state index contributed by atoms with van der Waals surface area (Å²) < 4.78 is 0. The summed E-state index contributed by atoms with van der Waals surface area (Å²) in [6.45, 7) is 16.1. The zero-order chi connectivity index (χ0) is 16.3. The van der Waals surface area contributed by atoms with Crippen molar-refractivity contribution in [3.05, 3.63) is 0 Å². The maximum Gasteiger partial charge on any atom is 0.219 e. The molecule has 1 amide bonds. The summed E-state index contributed by atoms with van der Waals surface area (Å²) in [6.07, 6.45) is 2.02. The van der Waals surface area contributed by atoms with E-state index in [1.54, 1.807) is 6.92 Å². The van der Waals surface area contributed by atoms with Gasteiger partial charge in [0.25, 0.3) is 0 Å². The van der Waals surface area contributed by atoms with Crippen LogP contribution in [0.15, 0.2) is 0 Å². The third-order valence-electron chi connectivity index (χ3n) is 3.65. The van der Waals surface area contributed by atoms with E-state index in [-0.39, 0.29) is 16.9 Å². The van der Waals surface area contributed by atoms with Gasteiger partial charge in [-0.2, -0.15) is 0 Å². The first-order valence-electron chi connectivity index (χ1n) is 7.83. The molecule has 0 aromatic carbocycles. The van der Waals surface area contributed by atoms with Crippen molar-refractivity contribution < 1.29 is 4.79 Å². The fourth-order valence-corrected chi connectivity index (χ4v) is 3.63. The lowest BCUT2D eigenvalue weighted by atomic mass is 9.82. The highest BCUT2D eigenvalue weighted by Crippen LogP contribution is 2.27. The van der Waals surface area contributed by atoms with E-state index in [9.17, 15) is 4.79 Å². The predicted molar refractivity (Wildman–Crippen MR) is 92.3 cm³/mol. The highest BCUT2D eigenvalue weighted by Gasteiger charge is 2.28. The standard InChI is InChI=1S/C16H31N3OS/c1-13(20)18-8-7-9-19(11-10-18)14(21)17-16(5,6)12-15(2,3)4/h7-12H2,1-6H3,(H,17,21). The molecular weight excluding hydrogens is 282 g/mol. The predicted octanol–water partition coefficient (Wildman–Crippen LogP) is 2.63. The van der Waals surface area contributed by atoms with Crippen molar-refractivity contribution in [1.82, 2.24) is 15.1 Å². The number of nitrogens with one attached hydrogen (secondary N) is 1. The van der Waals surface area contributed by atoms with Gasteiger partial charge in [0.2, 0.25) is 5.91 Å². The van der Waals surface area contributed by atoms with E-state index >= 15 is 0 Å². The molecular formula is C16H31N3OS. The van der Waals surface area contributed by atoms with Gasteiger partial charge in [-0.3, -0.25) is 4.79 Å². The lowest BCUT2D eigenvalue weighted by molar-refractivity contribution is -0.128. The van der Waals surface area contributed by atoms with Crippen molar-refractivity contribution in [3.63, 3.8) is 0 Å². The van der Waals surface area contributed by atoms with E-state index in [0.29, 0.717) is 0 Å². The molecule has 0 spiro atoms. The summed E-state index contributed by atoms with van der Waals surface area (Å²) in [5, 5.41) is 4.32. The summed E-state index contributed by atoms with van der Waals surface area (Å²) in [5.41, 5.74) is 0.234. The SMILES string of the molecule is CC(=O)N1CCCN(C(=S)NC(C)(C)CC(C)(C)C)CC1. The number of carbonyl (C=O) groups excluding carboxylic acids is 1. The summed E-state index contributed by atoms with van der Waals surface area (Å²) in [5.74, 6) is 0.156. The van der Waals surface area contributed by atoms with E-state index in [1.807, 2.05) is 4.90 Å². The molecule has 0 saturated carbocycles. The van der Waals surface area contributed by atoms with Crippen LogP contribution in [0.25, 0.3) is 0 Å². The van der Waals surface area contributed by atoms with Crippen LogP contribution in [-0.4, -0.2) is 52.5 Å². The summed E-state index contributed by atoms with van der Waals surface area (Å²) in [4.78, 5) is 15.6. The Hall–Kier alpha value is -0.840. The van der Waals surface area contributed by atoms with E-state index in [1.165, 1.54) is 0 Å². The number of amides is 1. The van der Waals surface area contributed by atoms with Gasteiger partial charge >= 0.3 is 0 Å². The number of hydrogen-bond acceptors (Lipinski definition) is 2. The van der Waals surface area contributed by atoms with Gasteiger partial charge < -0.3 is 15.1 Å². The monoisotopic (exact) mass is 313 g/mol. The number of rotatable bonds is 2. The maximum absolute atomic E-state index is 11.5. The molecule has 4 nitrogen and oxygen atoms in total. The molecule has 0 aromatic heterocycles. The lowest BCUT2D eigenvalue weighted by Gasteiger charge is -2.37. The summed E-state index contributed by atoms with van der Waals surface area (Å²) in [7, 11) is 0. The normalized spacial score (nSPS) is 17.4. The summed E-state index contributed by atoms with van der Waals surface area (Å²) >= 11 is 5.59. The first-order valence-corrected chi connectivity index (χ1v) is 8.24.